The monoisotopic (exact) mass is 162 g/mol. The molecule has 0 fully saturated rings. The summed E-state index contributed by atoms with van der Waals surface area (Å²) in [5, 5.41) is 0.529. The van der Waals surface area contributed by atoms with Crippen molar-refractivity contribution < 1.29 is 1.37 Å². The lowest BCUT2D eigenvalue weighted by Gasteiger charge is -1.92. The van der Waals surface area contributed by atoms with Crippen molar-refractivity contribution in [3.8, 4) is 11.3 Å². The van der Waals surface area contributed by atoms with Crippen molar-refractivity contribution in [2.45, 2.75) is 0 Å². The lowest BCUT2D eigenvalue weighted by molar-refractivity contribution is 1.41. The molecule has 0 aliphatic rings. The summed E-state index contributed by atoms with van der Waals surface area (Å²) in [5.41, 5.74) is 3.49. The van der Waals surface area contributed by atoms with Gasteiger partial charge in [0, 0.05) is 10.9 Å². The standard InChI is InChI=1S/C9H7NS/c1-2-4-8(5-3-1)9-6-11-7-10-9/h1-7H/i6D. The molecule has 1 nitrogen and oxygen atoms in total. The van der Waals surface area contributed by atoms with Crippen molar-refractivity contribution in [3.05, 3.63) is 41.2 Å². The molecule has 1 heterocycles. The Labute approximate surface area is 70.8 Å². The Balaban J connectivity index is 2.51. The van der Waals surface area contributed by atoms with Crippen molar-refractivity contribution in [1.29, 1.82) is 0 Å². The second-order valence-electron chi connectivity index (χ2n) is 2.17. The average molecular weight is 162 g/mol. The fourth-order valence-corrected chi connectivity index (χ4v) is 1.41. The summed E-state index contributed by atoms with van der Waals surface area (Å²) in [6.45, 7) is 0. The minimum atomic E-state index is 0.529. The van der Waals surface area contributed by atoms with E-state index in [1.807, 2.05) is 30.3 Å². The number of benzene rings is 1. The van der Waals surface area contributed by atoms with Gasteiger partial charge in [0.25, 0.3) is 0 Å². The van der Waals surface area contributed by atoms with Gasteiger partial charge in [-0.25, -0.2) is 4.98 Å². The van der Waals surface area contributed by atoms with Gasteiger partial charge in [-0.3, -0.25) is 0 Å². The van der Waals surface area contributed by atoms with Crippen LogP contribution in [0.5, 0.6) is 0 Å². The van der Waals surface area contributed by atoms with Crippen molar-refractivity contribution in [1.82, 2.24) is 4.98 Å². The molecule has 2 heteroatoms. The first-order valence-electron chi connectivity index (χ1n) is 3.83. The predicted octanol–water partition coefficient (Wildman–Crippen LogP) is 2.81. The Hall–Kier alpha value is -1.15. The molecule has 0 amide bonds. The van der Waals surface area contributed by atoms with Crippen LogP contribution in [-0.2, 0) is 0 Å². The quantitative estimate of drug-likeness (QED) is 0.628. The third-order valence-electron chi connectivity index (χ3n) is 1.44. The molecule has 1 aromatic heterocycles. The molecule has 54 valence electrons. The molecule has 11 heavy (non-hydrogen) atoms. The molecule has 1 aromatic carbocycles. The van der Waals surface area contributed by atoms with Gasteiger partial charge in [-0.15, -0.1) is 11.3 Å². The Bertz CT molecular complexity index is 369. The lowest BCUT2D eigenvalue weighted by atomic mass is 10.2. The molecule has 0 bridgehead atoms. The summed E-state index contributed by atoms with van der Waals surface area (Å²) in [6.07, 6.45) is 0. The van der Waals surface area contributed by atoms with Crippen LogP contribution >= 0.6 is 11.3 Å². The first kappa shape index (κ1) is 5.49. The minimum Gasteiger partial charge on any atom is -0.245 e. The molecule has 0 aliphatic heterocycles. The summed E-state index contributed by atoms with van der Waals surface area (Å²) in [7, 11) is 0. The number of nitrogens with zero attached hydrogens (tertiary/aromatic N) is 1. The zero-order valence-corrected chi connectivity index (χ0v) is 6.64. The molecule has 0 saturated carbocycles. The second kappa shape index (κ2) is 2.84. The van der Waals surface area contributed by atoms with Crippen LogP contribution in [0.4, 0.5) is 0 Å². The normalized spacial score (nSPS) is 11.1. The number of aromatic nitrogens is 1. The van der Waals surface area contributed by atoms with Crippen molar-refractivity contribution in [3.63, 3.8) is 0 Å². The summed E-state index contributed by atoms with van der Waals surface area (Å²) in [6, 6.07) is 9.79. The van der Waals surface area contributed by atoms with E-state index in [2.05, 4.69) is 4.98 Å². The fourth-order valence-electron chi connectivity index (χ4n) is 0.917. The number of thiazole rings is 1. The zero-order chi connectivity index (χ0) is 8.39. The average Bonchev–Trinajstić information content (AvgIpc) is 2.53. The highest BCUT2D eigenvalue weighted by Crippen LogP contribution is 2.17. The third-order valence-corrected chi connectivity index (χ3v) is 1.96. The molecule has 0 aliphatic carbocycles. The third kappa shape index (κ3) is 1.30. The van der Waals surface area contributed by atoms with E-state index in [1.165, 1.54) is 11.3 Å². The van der Waals surface area contributed by atoms with Gasteiger partial charge in [0.05, 0.1) is 12.6 Å². The van der Waals surface area contributed by atoms with Crippen LogP contribution in [0.2, 0.25) is 0 Å². The van der Waals surface area contributed by atoms with Gasteiger partial charge in [-0.05, 0) is 0 Å². The van der Waals surface area contributed by atoms with Gasteiger partial charge in [0.1, 0.15) is 0 Å². The van der Waals surface area contributed by atoms with Crippen LogP contribution in [0.3, 0.4) is 0 Å². The van der Waals surface area contributed by atoms with Gasteiger partial charge in [0.15, 0.2) is 0 Å². The Morgan fingerprint density at radius 3 is 2.73 bits per heavy atom. The Morgan fingerprint density at radius 1 is 1.27 bits per heavy atom. The molecule has 0 radical (unpaired) electrons. The van der Waals surface area contributed by atoms with E-state index < -0.39 is 0 Å². The maximum absolute atomic E-state index is 7.54. The highest BCUT2D eigenvalue weighted by molar-refractivity contribution is 7.07. The zero-order valence-electron chi connectivity index (χ0n) is 6.82. The van der Waals surface area contributed by atoms with Gasteiger partial charge in [-0.2, -0.15) is 0 Å². The van der Waals surface area contributed by atoms with E-state index in [4.69, 9.17) is 1.37 Å². The summed E-state index contributed by atoms with van der Waals surface area (Å²) in [4.78, 5) is 4.12. The van der Waals surface area contributed by atoms with E-state index >= 15 is 0 Å². The molecule has 0 unspecified atom stereocenters. The van der Waals surface area contributed by atoms with Gasteiger partial charge in [0.2, 0.25) is 0 Å². The van der Waals surface area contributed by atoms with Crippen LogP contribution in [0.15, 0.2) is 41.2 Å². The Kier molecular flexibility index (Phi) is 1.42. The highest BCUT2D eigenvalue weighted by Gasteiger charge is 1.95. The topological polar surface area (TPSA) is 12.9 Å². The fraction of sp³-hybridized carbons (Fsp3) is 0. The maximum atomic E-state index is 7.54. The van der Waals surface area contributed by atoms with E-state index in [0.29, 0.717) is 5.36 Å². The van der Waals surface area contributed by atoms with Gasteiger partial charge < -0.3 is 0 Å². The minimum absolute atomic E-state index is 0.529. The van der Waals surface area contributed by atoms with Crippen LogP contribution in [0.1, 0.15) is 1.37 Å². The lowest BCUT2D eigenvalue weighted by Crippen LogP contribution is -1.73. The molecular formula is C9H7NS. The molecule has 0 spiro atoms. The van der Waals surface area contributed by atoms with Crippen molar-refractivity contribution in [2.24, 2.45) is 0 Å². The smallest absolute Gasteiger partial charge is 0.0811 e. The Morgan fingerprint density at radius 2 is 2.09 bits per heavy atom. The van der Waals surface area contributed by atoms with E-state index in [0.717, 1.165) is 11.3 Å². The van der Waals surface area contributed by atoms with Gasteiger partial charge in [-0.1, -0.05) is 30.3 Å². The van der Waals surface area contributed by atoms with E-state index in [-0.39, 0.29) is 0 Å². The molecule has 0 saturated heterocycles. The van der Waals surface area contributed by atoms with Crippen LogP contribution < -0.4 is 0 Å². The SMILES string of the molecule is [2H]c1scnc1-c1ccccc1. The molecule has 0 N–H and O–H groups in total. The maximum Gasteiger partial charge on any atom is 0.0811 e. The van der Waals surface area contributed by atoms with Crippen LogP contribution in [0, 0.1) is 0 Å². The molecule has 0 atom stereocenters. The highest BCUT2D eigenvalue weighted by atomic mass is 32.1. The van der Waals surface area contributed by atoms with Crippen molar-refractivity contribution >= 4 is 11.3 Å². The largest absolute Gasteiger partial charge is 0.245 e. The van der Waals surface area contributed by atoms with Crippen molar-refractivity contribution in [2.75, 3.05) is 0 Å². The van der Waals surface area contributed by atoms with E-state index in [9.17, 15) is 0 Å². The summed E-state index contributed by atoms with van der Waals surface area (Å²) in [5.74, 6) is 0. The van der Waals surface area contributed by atoms with Gasteiger partial charge >= 0.3 is 0 Å². The summed E-state index contributed by atoms with van der Waals surface area (Å²) < 4.78 is 7.54. The number of rotatable bonds is 1. The van der Waals surface area contributed by atoms with Crippen LogP contribution in [-0.4, -0.2) is 4.98 Å². The molecular weight excluding hydrogens is 154 g/mol. The van der Waals surface area contributed by atoms with Crippen LogP contribution in [0.25, 0.3) is 11.3 Å². The summed E-state index contributed by atoms with van der Waals surface area (Å²) >= 11 is 1.35. The predicted molar refractivity (Wildman–Crippen MR) is 47.6 cm³/mol. The first-order chi connectivity index (χ1) is 5.88. The molecule has 2 rings (SSSR count). The number of hydrogen-bond acceptors (Lipinski definition) is 2. The number of hydrogen-bond donors (Lipinski definition) is 0. The second-order valence-corrected chi connectivity index (χ2v) is 2.82. The molecule has 2 aromatic rings. The van der Waals surface area contributed by atoms with E-state index in [1.54, 1.807) is 5.51 Å². The first-order valence-corrected chi connectivity index (χ1v) is 4.21.